The van der Waals surface area contributed by atoms with E-state index < -0.39 is 11.6 Å². The fourth-order valence-electron chi connectivity index (χ4n) is 2.00. The summed E-state index contributed by atoms with van der Waals surface area (Å²) in [4.78, 5) is 0. The van der Waals surface area contributed by atoms with Crippen molar-refractivity contribution >= 4 is 15.9 Å². The van der Waals surface area contributed by atoms with Crippen molar-refractivity contribution in [1.82, 2.24) is 5.32 Å². The Balaban J connectivity index is 1.84. The topological polar surface area (TPSA) is 21.3 Å². The maximum absolute atomic E-state index is 13.7. The first-order valence-corrected chi connectivity index (χ1v) is 7.56. The van der Waals surface area contributed by atoms with Gasteiger partial charge in [0.1, 0.15) is 11.6 Å². The van der Waals surface area contributed by atoms with Crippen molar-refractivity contribution in [2.24, 2.45) is 0 Å². The minimum Gasteiger partial charge on any atom is -0.454 e. The van der Waals surface area contributed by atoms with E-state index >= 15 is 0 Å². The lowest BCUT2D eigenvalue weighted by Gasteiger charge is -2.13. The molecule has 0 atom stereocenters. The van der Waals surface area contributed by atoms with Crippen LogP contribution in [0.25, 0.3) is 0 Å². The lowest BCUT2D eigenvalue weighted by Crippen LogP contribution is -2.15. The number of hydrogen-bond donors (Lipinski definition) is 1. The summed E-state index contributed by atoms with van der Waals surface area (Å²) in [6, 6.07) is 9.22. The molecular formula is C16H14BrF2NO. The third-order valence-corrected chi connectivity index (χ3v) is 3.79. The van der Waals surface area contributed by atoms with Gasteiger partial charge in [-0.05, 0) is 43.2 Å². The summed E-state index contributed by atoms with van der Waals surface area (Å²) in [6.45, 7) is 0.635. The van der Waals surface area contributed by atoms with Crippen LogP contribution in [0.3, 0.4) is 0 Å². The first kappa shape index (κ1) is 14.5. The zero-order valence-electron chi connectivity index (χ0n) is 11.2. The SMILES string of the molecule is Fc1ccc(F)c(Oc2ccc(Br)cc2CNC2CC2)c1. The molecule has 2 aromatic rings. The Labute approximate surface area is 130 Å². The van der Waals surface area contributed by atoms with Gasteiger partial charge >= 0.3 is 0 Å². The van der Waals surface area contributed by atoms with E-state index in [0.717, 1.165) is 28.2 Å². The number of hydrogen-bond acceptors (Lipinski definition) is 2. The fraction of sp³-hybridized carbons (Fsp3) is 0.250. The second kappa shape index (κ2) is 6.12. The highest BCUT2D eigenvalue weighted by Gasteiger charge is 2.21. The highest BCUT2D eigenvalue weighted by molar-refractivity contribution is 9.10. The van der Waals surface area contributed by atoms with Crippen molar-refractivity contribution in [3.8, 4) is 11.5 Å². The molecule has 0 bridgehead atoms. The smallest absolute Gasteiger partial charge is 0.165 e. The molecule has 1 fully saturated rings. The van der Waals surface area contributed by atoms with Crippen LogP contribution in [0.2, 0.25) is 0 Å². The number of halogens is 3. The summed E-state index contributed by atoms with van der Waals surface area (Å²) in [5.74, 6) is -0.692. The minimum atomic E-state index is -0.583. The molecule has 0 unspecified atom stereocenters. The normalized spacial score (nSPS) is 14.2. The molecule has 5 heteroatoms. The van der Waals surface area contributed by atoms with Gasteiger partial charge in [-0.1, -0.05) is 15.9 Å². The van der Waals surface area contributed by atoms with Gasteiger partial charge in [-0.2, -0.15) is 0 Å². The van der Waals surface area contributed by atoms with Crippen molar-refractivity contribution in [1.29, 1.82) is 0 Å². The van der Waals surface area contributed by atoms with Gasteiger partial charge in [0.2, 0.25) is 0 Å². The van der Waals surface area contributed by atoms with Crippen molar-refractivity contribution in [2.45, 2.75) is 25.4 Å². The Morgan fingerprint density at radius 3 is 2.67 bits per heavy atom. The van der Waals surface area contributed by atoms with E-state index in [1.54, 1.807) is 6.07 Å². The average molecular weight is 354 g/mol. The molecule has 0 heterocycles. The summed E-state index contributed by atoms with van der Waals surface area (Å²) < 4.78 is 33.4. The van der Waals surface area contributed by atoms with Crippen LogP contribution in [0.5, 0.6) is 11.5 Å². The van der Waals surface area contributed by atoms with Gasteiger partial charge < -0.3 is 10.1 Å². The van der Waals surface area contributed by atoms with E-state index in [4.69, 9.17) is 4.74 Å². The van der Waals surface area contributed by atoms with Crippen LogP contribution in [0.15, 0.2) is 40.9 Å². The van der Waals surface area contributed by atoms with E-state index in [2.05, 4.69) is 21.2 Å². The molecule has 3 rings (SSSR count). The summed E-state index contributed by atoms with van der Waals surface area (Å²) in [7, 11) is 0. The predicted molar refractivity (Wildman–Crippen MR) is 80.4 cm³/mol. The maximum Gasteiger partial charge on any atom is 0.165 e. The Hall–Kier alpha value is -1.46. The third-order valence-electron chi connectivity index (χ3n) is 3.29. The monoisotopic (exact) mass is 353 g/mol. The number of benzene rings is 2. The molecule has 0 radical (unpaired) electrons. The molecule has 0 saturated heterocycles. The number of rotatable bonds is 5. The van der Waals surface area contributed by atoms with Crippen molar-refractivity contribution in [3.63, 3.8) is 0 Å². The predicted octanol–water partition coefficient (Wildman–Crippen LogP) is 4.77. The molecule has 1 N–H and O–H groups in total. The summed E-state index contributed by atoms with van der Waals surface area (Å²) in [6.07, 6.45) is 2.37. The second-order valence-electron chi connectivity index (χ2n) is 5.08. The first-order chi connectivity index (χ1) is 10.1. The van der Waals surface area contributed by atoms with E-state index in [0.29, 0.717) is 18.3 Å². The molecule has 0 amide bonds. The van der Waals surface area contributed by atoms with Crippen LogP contribution in [0, 0.1) is 11.6 Å². The minimum absolute atomic E-state index is 0.106. The molecule has 0 aromatic heterocycles. The van der Waals surface area contributed by atoms with Gasteiger partial charge in [-0.15, -0.1) is 0 Å². The number of nitrogens with one attached hydrogen (secondary N) is 1. The van der Waals surface area contributed by atoms with E-state index in [9.17, 15) is 8.78 Å². The molecule has 0 aliphatic heterocycles. The van der Waals surface area contributed by atoms with Crippen LogP contribution < -0.4 is 10.1 Å². The van der Waals surface area contributed by atoms with Gasteiger partial charge in [0, 0.05) is 28.7 Å². The standard InChI is InChI=1S/C16H14BrF2NO/c17-11-1-6-15(10(7-11)9-20-13-3-4-13)21-16-8-12(18)2-5-14(16)19/h1-2,5-8,13,20H,3-4,9H2. The van der Waals surface area contributed by atoms with Crippen molar-refractivity contribution < 1.29 is 13.5 Å². The lowest BCUT2D eigenvalue weighted by atomic mass is 10.2. The Morgan fingerprint density at radius 1 is 1.10 bits per heavy atom. The fourth-order valence-corrected chi connectivity index (χ4v) is 2.41. The zero-order chi connectivity index (χ0) is 14.8. The quantitative estimate of drug-likeness (QED) is 0.835. The zero-order valence-corrected chi connectivity index (χ0v) is 12.8. The summed E-state index contributed by atoms with van der Waals surface area (Å²) >= 11 is 3.41. The third kappa shape index (κ3) is 3.80. The van der Waals surface area contributed by atoms with Gasteiger partial charge in [0.05, 0.1) is 0 Å². The van der Waals surface area contributed by atoms with E-state index in [1.165, 1.54) is 12.8 Å². The molecule has 0 spiro atoms. The van der Waals surface area contributed by atoms with Crippen LogP contribution >= 0.6 is 15.9 Å². The lowest BCUT2D eigenvalue weighted by molar-refractivity contribution is 0.430. The molecular weight excluding hydrogens is 340 g/mol. The Bertz CT molecular complexity index is 659. The Morgan fingerprint density at radius 2 is 1.90 bits per heavy atom. The molecule has 1 saturated carbocycles. The van der Waals surface area contributed by atoms with E-state index in [-0.39, 0.29) is 5.75 Å². The van der Waals surface area contributed by atoms with Crippen LogP contribution in [0.4, 0.5) is 8.78 Å². The second-order valence-corrected chi connectivity index (χ2v) is 6.00. The highest BCUT2D eigenvalue weighted by atomic mass is 79.9. The van der Waals surface area contributed by atoms with Gasteiger partial charge in [-0.3, -0.25) is 0 Å². The van der Waals surface area contributed by atoms with Gasteiger partial charge in [0.25, 0.3) is 0 Å². The largest absolute Gasteiger partial charge is 0.454 e. The van der Waals surface area contributed by atoms with Crippen molar-refractivity contribution in [3.05, 3.63) is 58.1 Å². The molecule has 1 aliphatic rings. The maximum atomic E-state index is 13.7. The molecule has 2 nitrogen and oxygen atoms in total. The molecule has 2 aromatic carbocycles. The Kier molecular flexibility index (Phi) is 4.22. The van der Waals surface area contributed by atoms with Crippen LogP contribution in [0.1, 0.15) is 18.4 Å². The van der Waals surface area contributed by atoms with Gasteiger partial charge in [-0.25, -0.2) is 8.78 Å². The average Bonchev–Trinajstić information content (AvgIpc) is 3.27. The number of ether oxygens (including phenoxy) is 1. The molecule has 21 heavy (non-hydrogen) atoms. The van der Waals surface area contributed by atoms with Gasteiger partial charge in [0.15, 0.2) is 11.6 Å². The van der Waals surface area contributed by atoms with Crippen LogP contribution in [-0.2, 0) is 6.54 Å². The van der Waals surface area contributed by atoms with Crippen molar-refractivity contribution in [2.75, 3.05) is 0 Å². The molecule has 1 aliphatic carbocycles. The highest BCUT2D eigenvalue weighted by Crippen LogP contribution is 2.31. The van der Waals surface area contributed by atoms with E-state index in [1.807, 2.05) is 12.1 Å². The summed E-state index contributed by atoms with van der Waals surface area (Å²) in [5.41, 5.74) is 0.903. The summed E-state index contributed by atoms with van der Waals surface area (Å²) in [5, 5.41) is 3.38. The first-order valence-electron chi connectivity index (χ1n) is 6.76. The molecule has 110 valence electrons. The van der Waals surface area contributed by atoms with Crippen LogP contribution in [-0.4, -0.2) is 6.04 Å².